The summed E-state index contributed by atoms with van der Waals surface area (Å²) in [6, 6.07) is 0. The second-order valence-electron chi connectivity index (χ2n) is 1.92. The first-order valence-electron chi connectivity index (χ1n) is 2.71. The molecule has 0 aromatic heterocycles. The molecule has 0 aliphatic rings. The fourth-order valence-corrected chi connectivity index (χ4v) is 0.504. The predicted octanol–water partition coefficient (Wildman–Crippen LogP) is 3.13. The van der Waals surface area contributed by atoms with Crippen LogP contribution in [0.4, 0.5) is 4.39 Å². The van der Waals surface area contributed by atoms with Gasteiger partial charge in [-0.05, 0) is 26.2 Å². The van der Waals surface area contributed by atoms with E-state index in [9.17, 15) is 4.39 Å². The Morgan fingerprint density at radius 3 is 2.22 bits per heavy atom. The van der Waals surface area contributed by atoms with Crippen molar-refractivity contribution >= 4 is 11.8 Å². The highest BCUT2D eigenvalue weighted by atomic mass is 32.2. The van der Waals surface area contributed by atoms with Gasteiger partial charge >= 0.3 is 0 Å². The fraction of sp³-hybridized carbons (Fsp3) is 0.429. The van der Waals surface area contributed by atoms with E-state index in [2.05, 4.69) is 0 Å². The first kappa shape index (κ1) is 8.76. The van der Waals surface area contributed by atoms with Crippen molar-refractivity contribution in [2.75, 3.05) is 6.26 Å². The Labute approximate surface area is 59.8 Å². The average molecular weight is 146 g/mol. The van der Waals surface area contributed by atoms with Gasteiger partial charge in [-0.25, -0.2) is 0 Å². The summed E-state index contributed by atoms with van der Waals surface area (Å²) < 4.78 is 12.3. The second kappa shape index (κ2) is 4.62. The zero-order valence-electron chi connectivity index (χ0n) is 5.94. The van der Waals surface area contributed by atoms with Crippen LogP contribution in [0, 0.1) is 0 Å². The molecule has 0 saturated heterocycles. The molecule has 0 bridgehead atoms. The largest absolute Gasteiger partial charge is 0.199 e. The lowest BCUT2D eigenvalue weighted by molar-refractivity contribution is 0.700. The number of allylic oxidation sites excluding steroid dienone is 3. The molecule has 0 aromatic rings. The van der Waals surface area contributed by atoms with E-state index in [-0.39, 0.29) is 5.16 Å². The van der Waals surface area contributed by atoms with Gasteiger partial charge in [-0.3, -0.25) is 0 Å². The third-order valence-corrected chi connectivity index (χ3v) is 1.27. The third kappa shape index (κ3) is 5.63. The van der Waals surface area contributed by atoms with Crippen LogP contribution in [0.5, 0.6) is 0 Å². The Bertz CT molecular complexity index is 132. The van der Waals surface area contributed by atoms with Crippen molar-refractivity contribution in [3.63, 3.8) is 0 Å². The highest BCUT2D eigenvalue weighted by molar-refractivity contribution is 8.02. The van der Waals surface area contributed by atoms with Crippen LogP contribution in [0.3, 0.4) is 0 Å². The van der Waals surface area contributed by atoms with Gasteiger partial charge in [0.05, 0.1) is 0 Å². The Morgan fingerprint density at radius 1 is 1.33 bits per heavy atom. The number of hydrogen-bond acceptors (Lipinski definition) is 1. The van der Waals surface area contributed by atoms with Gasteiger partial charge in [0.2, 0.25) is 0 Å². The smallest absolute Gasteiger partial charge is 0.156 e. The molecule has 0 radical (unpaired) electrons. The molecule has 52 valence electrons. The summed E-state index contributed by atoms with van der Waals surface area (Å²) in [6.07, 6.45) is 4.94. The van der Waals surface area contributed by atoms with Crippen LogP contribution in [-0.4, -0.2) is 6.26 Å². The van der Waals surface area contributed by atoms with E-state index in [1.165, 1.54) is 6.08 Å². The lowest BCUT2D eigenvalue weighted by Gasteiger charge is -1.85. The van der Waals surface area contributed by atoms with E-state index in [1.807, 2.05) is 13.8 Å². The Balaban J connectivity index is 3.83. The van der Waals surface area contributed by atoms with E-state index in [4.69, 9.17) is 0 Å². The standard InChI is InChI=1S/C7H11FS/c1-6(2)4-5-7(8)9-3/h4-5H,1-3H3/b7-5-. The van der Waals surface area contributed by atoms with Gasteiger partial charge in [0.15, 0.2) is 5.16 Å². The van der Waals surface area contributed by atoms with Crippen molar-refractivity contribution in [1.29, 1.82) is 0 Å². The van der Waals surface area contributed by atoms with Crippen LogP contribution >= 0.6 is 11.8 Å². The molecular formula is C7H11FS. The van der Waals surface area contributed by atoms with Gasteiger partial charge in [-0.2, -0.15) is 4.39 Å². The van der Waals surface area contributed by atoms with Crippen LogP contribution in [-0.2, 0) is 0 Å². The van der Waals surface area contributed by atoms with Gasteiger partial charge in [0.1, 0.15) is 0 Å². The molecule has 0 nitrogen and oxygen atoms in total. The van der Waals surface area contributed by atoms with Crippen molar-refractivity contribution in [1.82, 2.24) is 0 Å². The Kier molecular flexibility index (Phi) is 4.50. The second-order valence-corrected chi connectivity index (χ2v) is 2.72. The van der Waals surface area contributed by atoms with E-state index < -0.39 is 0 Å². The van der Waals surface area contributed by atoms with Gasteiger partial charge < -0.3 is 0 Å². The van der Waals surface area contributed by atoms with Crippen molar-refractivity contribution in [2.24, 2.45) is 0 Å². The van der Waals surface area contributed by atoms with Gasteiger partial charge in [-0.15, -0.1) is 0 Å². The highest BCUT2D eigenvalue weighted by Gasteiger charge is 1.84. The van der Waals surface area contributed by atoms with Crippen LogP contribution in [0.15, 0.2) is 22.9 Å². The summed E-state index contributed by atoms with van der Waals surface area (Å²) in [5.74, 6) is 0. The topological polar surface area (TPSA) is 0 Å². The minimum atomic E-state index is -0.142. The summed E-state index contributed by atoms with van der Waals surface area (Å²) in [5.41, 5.74) is 1.11. The number of thioether (sulfide) groups is 1. The molecule has 0 aliphatic heterocycles. The quantitative estimate of drug-likeness (QED) is 0.539. The van der Waals surface area contributed by atoms with Crippen LogP contribution < -0.4 is 0 Å². The molecule has 0 amide bonds. The lowest BCUT2D eigenvalue weighted by atomic mass is 10.3. The molecule has 2 heteroatoms. The van der Waals surface area contributed by atoms with Crippen LogP contribution in [0.1, 0.15) is 13.8 Å². The SMILES string of the molecule is CS/C(F)=C\C=C(C)C. The maximum atomic E-state index is 12.3. The van der Waals surface area contributed by atoms with E-state index in [1.54, 1.807) is 12.3 Å². The first-order valence-corrected chi connectivity index (χ1v) is 3.94. The third-order valence-electron chi connectivity index (χ3n) is 0.743. The minimum absolute atomic E-state index is 0.142. The maximum Gasteiger partial charge on any atom is 0.156 e. The molecule has 0 rings (SSSR count). The number of rotatable bonds is 2. The summed E-state index contributed by atoms with van der Waals surface area (Å²) in [5, 5.41) is -0.142. The van der Waals surface area contributed by atoms with Crippen molar-refractivity contribution < 1.29 is 4.39 Å². The average Bonchev–Trinajstić information content (AvgIpc) is 1.83. The normalized spacial score (nSPS) is 11.3. The molecule has 0 N–H and O–H groups in total. The zero-order chi connectivity index (χ0) is 7.28. The molecule has 0 spiro atoms. The summed E-state index contributed by atoms with van der Waals surface area (Å²) in [6.45, 7) is 3.87. The fourth-order valence-electron chi connectivity index (χ4n) is 0.300. The summed E-state index contributed by atoms with van der Waals surface area (Å²) in [7, 11) is 0. The molecular weight excluding hydrogens is 135 g/mol. The molecule has 0 unspecified atom stereocenters. The minimum Gasteiger partial charge on any atom is -0.199 e. The molecule has 0 fully saturated rings. The predicted molar refractivity (Wildman–Crippen MR) is 42.1 cm³/mol. The molecule has 0 atom stereocenters. The first-order chi connectivity index (χ1) is 4.16. The van der Waals surface area contributed by atoms with Crippen LogP contribution in [0.2, 0.25) is 0 Å². The molecule has 0 aliphatic carbocycles. The Hall–Kier alpha value is -0.240. The van der Waals surface area contributed by atoms with Crippen molar-refractivity contribution in [2.45, 2.75) is 13.8 Å². The zero-order valence-corrected chi connectivity index (χ0v) is 6.76. The maximum absolute atomic E-state index is 12.3. The van der Waals surface area contributed by atoms with E-state index in [0.717, 1.165) is 17.3 Å². The number of hydrogen-bond donors (Lipinski definition) is 0. The van der Waals surface area contributed by atoms with Gasteiger partial charge in [0.25, 0.3) is 0 Å². The molecule has 9 heavy (non-hydrogen) atoms. The molecule has 0 saturated carbocycles. The van der Waals surface area contributed by atoms with Gasteiger partial charge in [0, 0.05) is 0 Å². The van der Waals surface area contributed by atoms with E-state index in [0.29, 0.717) is 0 Å². The van der Waals surface area contributed by atoms with E-state index >= 15 is 0 Å². The highest BCUT2D eigenvalue weighted by Crippen LogP contribution is 2.12. The van der Waals surface area contributed by atoms with Gasteiger partial charge in [-0.1, -0.05) is 23.4 Å². The summed E-state index contributed by atoms with van der Waals surface area (Å²) in [4.78, 5) is 0. The van der Waals surface area contributed by atoms with Crippen LogP contribution in [0.25, 0.3) is 0 Å². The Morgan fingerprint density at radius 2 is 1.89 bits per heavy atom. The summed E-state index contributed by atoms with van der Waals surface area (Å²) >= 11 is 1.12. The monoisotopic (exact) mass is 146 g/mol. The van der Waals surface area contributed by atoms with Crippen molar-refractivity contribution in [3.05, 3.63) is 22.9 Å². The molecule has 0 aromatic carbocycles. The molecule has 0 heterocycles. The van der Waals surface area contributed by atoms with Crippen molar-refractivity contribution in [3.8, 4) is 0 Å². The number of halogens is 1. The lowest BCUT2D eigenvalue weighted by Crippen LogP contribution is -1.62.